The van der Waals surface area contributed by atoms with Crippen LogP contribution in [0.1, 0.15) is 117 Å². The van der Waals surface area contributed by atoms with Crippen LogP contribution in [0.2, 0.25) is 0 Å². The fourth-order valence-electron chi connectivity index (χ4n) is 9.65. The second kappa shape index (κ2) is 9.70. The van der Waals surface area contributed by atoms with Gasteiger partial charge in [-0.05, 0) is 103 Å². The van der Waals surface area contributed by atoms with Crippen molar-refractivity contribution in [2.75, 3.05) is 6.61 Å². The van der Waals surface area contributed by atoms with Gasteiger partial charge in [-0.15, -0.1) is 0 Å². The molecule has 6 nitrogen and oxygen atoms in total. The molecule has 41 heavy (non-hydrogen) atoms. The summed E-state index contributed by atoms with van der Waals surface area (Å²) in [7, 11) is 0. The minimum Gasteiger partial charge on any atom is -0.465 e. The second-order valence-corrected chi connectivity index (χ2v) is 14.9. The van der Waals surface area contributed by atoms with Crippen LogP contribution in [-0.4, -0.2) is 24.5 Å². The maximum Gasteiger partial charge on any atom is 0.308 e. The molecule has 0 saturated heterocycles. The SMILES string of the molecule is CC(=O)OCC1(C)CCC2(C)CCC3(C)C4=CCc5c(cc(OC(C)=O)c(OC(C)=O)c5C)C4(C)CCC3(C)C2C1. The van der Waals surface area contributed by atoms with Gasteiger partial charge in [0.2, 0.25) is 0 Å². The molecule has 3 saturated carbocycles. The number of benzene rings is 1. The largest absolute Gasteiger partial charge is 0.465 e. The Morgan fingerprint density at radius 2 is 1.51 bits per heavy atom. The van der Waals surface area contributed by atoms with Crippen LogP contribution >= 0.6 is 0 Å². The summed E-state index contributed by atoms with van der Waals surface area (Å²) in [4.78, 5) is 35.7. The third-order valence-corrected chi connectivity index (χ3v) is 12.2. The Balaban J connectivity index is 1.58. The zero-order valence-corrected chi connectivity index (χ0v) is 26.5. The standard InChI is InChI=1S/C35H48O6/c1-21-25-10-11-28-33(7,26(25)18-27(40-23(3)37)30(21)41-24(4)38)15-17-35(9)29-19-31(5,20-39-22(2)36)12-13-32(29,6)14-16-34(28,35)8/h11,18,29H,10,12-17,19-20H2,1-9H3. The van der Waals surface area contributed by atoms with Gasteiger partial charge in [-0.3, -0.25) is 14.4 Å². The zero-order valence-electron chi connectivity index (χ0n) is 26.5. The molecular weight excluding hydrogens is 516 g/mol. The molecule has 224 valence electrons. The highest BCUT2D eigenvalue weighted by molar-refractivity contribution is 5.76. The van der Waals surface area contributed by atoms with E-state index < -0.39 is 11.9 Å². The number of carbonyl (C=O) groups is 3. The van der Waals surface area contributed by atoms with E-state index in [4.69, 9.17) is 14.2 Å². The van der Waals surface area contributed by atoms with Gasteiger partial charge >= 0.3 is 17.9 Å². The quantitative estimate of drug-likeness (QED) is 0.213. The van der Waals surface area contributed by atoms with Crippen molar-refractivity contribution in [3.8, 4) is 11.5 Å². The molecule has 4 aliphatic carbocycles. The molecule has 6 atom stereocenters. The third kappa shape index (κ3) is 4.55. The maximum absolute atomic E-state index is 12.1. The lowest BCUT2D eigenvalue weighted by molar-refractivity contribution is -0.170. The van der Waals surface area contributed by atoms with E-state index in [1.54, 1.807) is 0 Å². The summed E-state index contributed by atoms with van der Waals surface area (Å²) in [5.74, 6) is 0.145. The van der Waals surface area contributed by atoms with Gasteiger partial charge in [0.15, 0.2) is 11.5 Å². The summed E-state index contributed by atoms with van der Waals surface area (Å²) in [6, 6.07) is 1.98. The van der Waals surface area contributed by atoms with Crippen LogP contribution in [0, 0.1) is 34.5 Å². The first-order valence-corrected chi connectivity index (χ1v) is 15.4. The van der Waals surface area contributed by atoms with Gasteiger partial charge < -0.3 is 14.2 Å². The molecule has 1 aromatic rings. The van der Waals surface area contributed by atoms with Gasteiger partial charge in [0.1, 0.15) is 0 Å². The van der Waals surface area contributed by atoms with Crippen molar-refractivity contribution in [3.63, 3.8) is 0 Å². The third-order valence-electron chi connectivity index (χ3n) is 12.2. The van der Waals surface area contributed by atoms with E-state index in [0.717, 1.165) is 44.1 Å². The molecule has 0 aromatic heterocycles. The van der Waals surface area contributed by atoms with Gasteiger partial charge in [-0.2, -0.15) is 0 Å². The minimum atomic E-state index is -0.432. The molecule has 1 aromatic carbocycles. The molecule has 0 amide bonds. The Hall–Kier alpha value is -2.63. The van der Waals surface area contributed by atoms with E-state index in [1.165, 1.54) is 50.3 Å². The monoisotopic (exact) mass is 564 g/mol. The Kier molecular flexibility index (Phi) is 7.07. The average molecular weight is 565 g/mol. The van der Waals surface area contributed by atoms with Crippen LogP contribution in [0.3, 0.4) is 0 Å². The Labute approximate surface area is 245 Å². The number of allylic oxidation sites excluding steroid dienone is 2. The Bertz CT molecular complexity index is 1340. The maximum atomic E-state index is 12.1. The molecule has 0 heterocycles. The summed E-state index contributed by atoms with van der Waals surface area (Å²) in [5, 5.41) is 0. The smallest absolute Gasteiger partial charge is 0.308 e. The predicted octanol–water partition coefficient (Wildman–Crippen LogP) is 7.56. The van der Waals surface area contributed by atoms with Gasteiger partial charge in [-0.25, -0.2) is 0 Å². The van der Waals surface area contributed by atoms with Gasteiger partial charge in [0, 0.05) is 31.6 Å². The first-order chi connectivity index (χ1) is 19.0. The van der Waals surface area contributed by atoms with E-state index in [2.05, 4.69) is 40.7 Å². The predicted molar refractivity (Wildman–Crippen MR) is 158 cm³/mol. The molecule has 3 fully saturated rings. The lowest BCUT2D eigenvalue weighted by Gasteiger charge is -2.70. The van der Waals surface area contributed by atoms with Crippen molar-refractivity contribution >= 4 is 17.9 Å². The van der Waals surface area contributed by atoms with Gasteiger partial charge in [0.25, 0.3) is 0 Å². The van der Waals surface area contributed by atoms with Crippen molar-refractivity contribution in [1.82, 2.24) is 0 Å². The number of fused-ring (bicyclic) bond motifs is 7. The Morgan fingerprint density at radius 3 is 2.15 bits per heavy atom. The summed E-state index contributed by atoms with van der Waals surface area (Å²) in [5.41, 5.74) is 4.92. The minimum absolute atomic E-state index is 0.00540. The topological polar surface area (TPSA) is 78.9 Å². The van der Waals surface area contributed by atoms with E-state index in [-0.39, 0.29) is 33.0 Å². The second-order valence-electron chi connectivity index (χ2n) is 14.9. The lowest BCUT2D eigenvalue weighted by Crippen LogP contribution is -2.62. The number of rotatable bonds is 4. The van der Waals surface area contributed by atoms with Crippen LogP contribution in [0.5, 0.6) is 11.5 Å². The first kappa shape index (κ1) is 29.8. The molecule has 6 heteroatoms. The number of hydrogen-bond donors (Lipinski definition) is 0. The van der Waals surface area contributed by atoms with E-state index in [0.29, 0.717) is 24.0 Å². The summed E-state index contributed by atoms with van der Waals surface area (Å²) >= 11 is 0. The molecule has 4 aliphatic rings. The van der Waals surface area contributed by atoms with Gasteiger partial charge in [-0.1, -0.05) is 46.3 Å². The van der Waals surface area contributed by atoms with Crippen LogP contribution in [0.25, 0.3) is 0 Å². The molecule has 0 N–H and O–H groups in total. The number of ether oxygens (including phenoxy) is 3. The van der Waals surface area contributed by atoms with Gasteiger partial charge in [0.05, 0.1) is 6.61 Å². The van der Waals surface area contributed by atoms with E-state index in [1.807, 2.05) is 13.0 Å². The zero-order chi connectivity index (χ0) is 30.2. The van der Waals surface area contributed by atoms with Crippen molar-refractivity contribution < 1.29 is 28.6 Å². The van der Waals surface area contributed by atoms with E-state index >= 15 is 0 Å². The first-order valence-electron chi connectivity index (χ1n) is 15.4. The Morgan fingerprint density at radius 1 is 0.854 bits per heavy atom. The summed E-state index contributed by atoms with van der Waals surface area (Å²) in [6.45, 7) is 19.0. The number of carbonyl (C=O) groups excluding carboxylic acids is 3. The molecule has 5 rings (SSSR count). The molecule has 0 bridgehead atoms. The highest BCUT2D eigenvalue weighted by atomic mass is 16.6. The fourth-order valence-corrected chi connectivity index (χ4v) is 9.65. The normalized spacial score (nSPS) is 37.4. The van der Waals surface area contributed by atoms with Crippen molar-refractivity contribution in [2.24, 2.45) is 27.6 Å². The van der Waals surface area contributed by atoms with Crippen LogP contribution in [0.4, 0.5) is 0 Å². The molecule has 0 spiro atoms. The molecule has 6 unspecified atom stereocenters. The summed E-state index contributed by atoms with van der Waals surface area (Å²) < 4.78 is 16.8. The van der Waals surface area contributed by atoms with Crippen molar-refractivity contribution in [2.45, 2.75) is 119 Å². The molecule has 0 radical (unpaired) electrons. The van der Waals surface area contributed by atoms with Crippen LogP contribution in [0.15, 0.2) is 17.7 Å². The average Bonchev–Trinajstić information content (AvgIpc) is 2.88. The molecule has 0 aliphatic heterocycles. The van der Waals surface area contributed by atoms with Crippen LogP contribution in [-0.2, 0) is 31.0 Å². The summed E-state index contributed by atoms with van der Waals surface area (Å²) in [6.07, 6.45) is 11.0. The number of esters is 3. The molecular formula is C35H48O6. The van der Waals surface area contributed by atoms with Crippen molar-refractivity contribution in [3.05, 3.63) is 34.4 Å². The highest BCUT2D eigenvalue weighted by Crippen LogP contribution is 2.74. The fraction of sp³-hybridized carbons (Fsp3) is 0.686. The van der Waals surface area contributed by atoms with E-state index in [9.17, 15) is 14.4 Å². The van der Waals surface area contributed by atoms with Crippen molar-refractivity contribution in [1.29, 1.82) is 0 Å². The highest BCUT2D eigenvalue weighted by Gasteiger charge is 2.66. The number of hydrogen-bond acceptors (Lipinski definition) is 6. The van der Waals surface area contributed by atoms with Crippen LogP contribution < -0.4 is 9.47 Å². The lowest BCUT2D eigenvalue weighted by atomic mass is 9.34.